The molecule has 0 amide bonds. The number of fused-ring (bicyclic) bond motifs is 2. The van der Waals surface area contributed by atoms with Crippen LogP contribution in [0, 0.1) is 0 Å². The summed E-state index contributed by atoms with van der Waals surface area (Å²) in [6, 6.07) is 0.241. The zero-order valence-electron chi connectivity index (χ0n) is 11.0. The molecule has 106 valence electrons. The molecule has 6 heteroatoms. The van der Waals surface area contributed by atoms with E-state index < -0.39 is 10.0 Å². The molecule has 4 nitrogen and oxygen atoms in total. The summed E-state index contributed by atoms with van der Waals surface area (Å²) in [5.74, 6) is 0.0884. The third kappa shape index (κ3) is 3.18. The minimum Gasteiger partial charge on any atom is -0.378 e. The summed E-state index contributed by atoms with van der Waals surface area (Å²) in [6.07, 6.45) is 3.58. The van der Waals surface area contributed by atoms with E-state index in [9.17, 15) is 8.42 Å². The van der Waals surface area contributed by atoms with Gasteiger partial charge in [0.2, 0.25) is 10.0 Å². The molecular formula is C12H22ClNO3S. The second kappa shape index (κ2) is 5.65. The van der Waals surface area contributed by atoms with Crippen LogP contribution in [0.3, 0.4) is 0 Å². The van der Waals surface area contributed by atoms with Crippen molar-refractivity contribution in [1.82, 2.24) is 4.31 Å². The Kier molecular flexibility index (Phi) is 4.57. The highest BCUT2D eigenvalue weighted by atomic mass is 35.5. The van der Waals surface area contributed by atoms with Gasteiger partial charge in [-0.3, -0.25) is 0 Å². The lowest BCUT2D eigenvalue weighted by Gasteiger charge is -2.35. The van der Waals surface area contributed by atoms with E-state index >= 15 is 0 Å². The topological polar surface area (TPSA) is 46.6 Å². The molecule has 0 spiro atoms. The van der Waals surface area contributed by atoms with Crippen LogP contribution in [0.4, 0.5) is 0 Å². The van der Waals surface area contributed by atoms with Crippen molar-refractivity contribution in [2.24, 2.45) is 0 Å². The van der Waals surface area contributed by atoms with E-state index in [1.54, 1.807) is 4.31 Å². The van der Waals surface area contributed by atoms with Gasteiger partial charge in [0, 0.05) is 17.5 Å². The van der Waals surface area contributed by atoms with Gasteiger partial charge in [0.05, 0.1) is 18.5 Å². The Labute approximate surface area is 115 Å². The molecule has 2 rings (SSSR count). The molecule has 2 bridgehead atoms. The van der Waals surface area contributed by atoms with Gasteiger partial charge in [0.15, 0.2) is 0 Å². The summed E-state index contributed by atoms with van der Waals surface area (Å²) in [4.78, 5) is 0. The zero-order chi connectivity index (χ0) is 13.3. The predicted molar refractivity (Wildman–Crippen MR) is 72.4 cm³/mol. The third-order valence-corrected chi connectivity index (χ3v) is 6.00. The zero-order valence-corrected chi connectivity index (χ0v) is 12.6. The minimum atomic E-state index is -3.19. The molecule has 2 fully saturated rings. The lowest BCUT2D eigenvalue weighted by molar-refractivity contribution is 0.0902. The van der Waals surface area contributed by atoms with Crippen molar-refractivity contribution in [2.45, 2.75) is 63.1 Å². The van der Waals surface area contributed by atoms with Gasteiger partial charge in [-0.15, -0.1) is 11.6 Å². The van der Waals surface area contributed by atoms with E-state index in [1.165, 1.54) is 0 Å². The van der Waals surface area contributed by atoms with Gasteiger partial charge >= 0.3 is 0 Å². The van der Waals surface area contributed by atoms with E-state index in [1.807, 2.05) is 13.8 Å². The minimum absolute atomic E-state index is 0.0745. The molecule has 2 aliphatic rings. The van der Waals surface area contributed by atoms with E-state index in [-0.39, 0.29) is 35.9 Å². The quantitative estimate of drug-likeness (QED) is 0.729. The highest BCUT2D eigenvalue weighted by Crippen LogP contribution is 2.39. The third-order valence-electron chi connectivity index (χ3n) is 3.72. The molecule has 0 aliphatic carbocycles. The van der Waals surface area contributed by atoms with Crippen LogP contribution < -0.4 is 0 Å². The van der Waals surface area contributed by atoms with Crippen LogP contribution in [0.25, 0.3) is 0 Å². The Hall–Kier alpha value is 0.160. The van der Waals surface area contributed by atoms with Crippen LogP contribution in [0.2, 0.25) is 0 Å². The van der Waals surface area contributed by atoms with E-state index in [0.717, 1.165) is 25.7 Å². The van der Waals surface area contributed by atoms with E-state index in [0.29, 0.717) is 0 Å². The second-order valence-corrected chi connectivity index (χ2v) is 8.13. The van der Waals surface area contributed by atoms with Gasteiger partial charge < -0.3 is 4.74 Å². The summed E-state index contributed by atoms with van der Waals surface area (Å²) >= 11 is 6.16. The molecule has 2 saturated heterocycles. The van der Waals surface area contributed by atoms with Crippen molar-refractivity contribution >= 4 is 21.6 Å². The summed E-state index contributed by atoms with van der Waals surface area (Å²) in [5, 5.41) is 0.140. The Balaban J connectivity index is 1.98. The van der Waals surface area contributed by atoms with Crippen LogP contribution in [0.15, 0.2) is 0 Å². The van der Waals surface area contributed by atoms with Crippen LogP contribution in [-0.2, 0) is 14.8 Å². The molecule has 0 radical (unpaired) electrons. The average molecular weight is 296 g/mol. The number of hydrogen-bond donors (Lipinski definition) is 0. The van der Waals surface area contributed by atoms with Crippen molar-refractivity contribution in [3.8, 4) is 0 Å². The van der Waals surface area contributed by atoms with Crippen LogP contribution >= 0.6 is 11.6 Å². The lowest BCUT2D eigenvalue weighted by Crippen LogP contribution is -2.48. The van der Waals surface area contributed by atoms with Crippen LogP contribution in [0.1, 0.15) is 39.5 Å². The fraction of sp³-hybridized carbons (Fsp3) is 1.00. The Morgan fingerprint density at radius 2 is 1.83 bits per heavy atom. The van der Waals surface area contributed by atoms with Crippen molar-refractivity contribution in [2.75, 3.05) is 12.4 Å². The van der Waals surface area contributed by atoms with Crippen LogP contribution in [-0.4, -0.2) is 48.6 Å². The fourth-order valence-electron chi connectivity index (χ4n) is 3.02. The first-order chi connectivity index (χ1) is 8.40. The van der Waals surface area contributed by atoms with Crippen molar-refractivity contribution in [1.29, 1.82) is 0 Å². The first-order valence-corrected chi connectivity index (χ1v) is 8.71. The fourth-order valence-corrected chi connectivity index (χ4v) is 5.24. The number of piperidine rings is 1. The maximum absolute atomic E-state index is 12.3. The standard InChI is InChI=1S/C12H22ClNO3S/c1-9(2)17-5-6-18(15,16)14-11-3-4-12(14)8-10(13)7-11/h9-12H,3-8H2,1-2H3. The lowest BCUT2D eigenvalue weighted by atomic mass is 10.1. The highest BCUT2D eigenvalue weighted by molar-refractivity contribution is 7.89. The van der Waals surface area contributed by atoms with Crippen molar-refractivity contribution in [3.63, 3.8) is 0 Å². The van der Waals surface area contributed by atoms with Gasteiger partial charge in [-0.1, -0.05) is 0 Å². The summed E-state index contributed by atoms with van der Waals surface area (Å²) < 4.78 is 31.7. The summed E-state index contributed by atoms with van der Waals surface area (Å²) in [5.41, 5.74) is 0. The average Bonchev–Trinajstić information content (AvgIpc) is 2.52. The SMILES string of the molecule is CC(C)OCCS(=O)(=O)N1C2CCC1CC(Cl)C2. The largest absolute Gasteiger partial charge is 0.378 e. The molecule has 2 atom stereocenters. The Morgan fingerprint density at radius 1 is 1.28 bits per heavy atom. The van der Waals surface area contributed by atoms with Gasteiger partial charge in [0.1, 0.15) is 0 Å². The Bertz CT molecular complexity index is 371. The smallest absolute Gasteiger partial charge is 0.216 e. The number of rotatable bonds is 5. The van der Waals surface area contributed by atoms with E-state index in [4.69, 9.17) is 16.3 Å². The van der Waals surface area contributed by atoms with E-state index in [2.05, 4.69) is 0 Å². The molecule has 2 aliphatic heterocycles. The molecule has 0 aromatic carbocycles. The molecule has 0 saturated carbocycles. The van der Waals surface area contributed by atoms with Gasteiger partial charge in [-0.25, -0.2) is 8.42 Å². The number of alkyl halides is 1. The molecule has 18 heavy (non-hydrogen) atoms. The van der Waals surface area contributed by atoms with Gasteiger partial charge in [-0.2, -0.15) is 4.31 Å². The monoisotopic (exact) mass is 295 g/mol. The van der Waals surface area contributed by atoms with Crippen molar-refractivity contribution < 1.29 is 13.2 Å². The molecule has 0 aromatic heterocycles. The summed E-state index contributed by atoms with van der Waals surface area (Å²) in [7, 11) is -3.19. The Morgan fingerprint density at radius 3 is 2.33 bits per heavy atom. The predicted octanol–water partition coefficient (Wildman–Crippen LogP) is 1.98. The maximum atomic E-state index is 12.3. The van der Waals surface area contributed by atoms with Crippen molar-refractivity contribution in [3.05, 3.63) is 0 Å². The highest BCUT2D eigenvalue weighted by Gasteiger charge is 2.45. The maximum Gasteiger partial charge on any atom is 0.216 e. The number of sulfonamides is 1. The first-order valence-electron chi connectivity index (χ1n) is 6.67. The number of hydrogen-bond acceptors (Lipinski definition) is 3. The van der Waals surface area contributed by atoms with Crippen LogP contribution in [0.5, 0.6) is 0 Å². The molecule has 2 heterocycles. The first kappa shape index (κ1) is 14.6. The summed E-state index contributed by atoms with van der Waals surface area (Å²) in [6.45, 7) is 4.10. The second-order valence-electron chi connectivity index (χ2n) is 5.52. The molecular weight excluding hydrogens is 274 g/mol. The van der Waals surface area contributed by atoms with Gasteiger partial charge in [0.25, 0.3) is 0 Å². The normalized spacial score (nSPS) is 33.2. The number of ether oxygens (including phenoxy) is 1. The number of nitrogens with zero attached hydrogens (tertiary/aromatic N) is 1. The number of halogens is 1. The molecule has 0 aromatic rings. The molecule has 2 unspecified atom stereocenters. The van der Waals surface area contributed by atoms with Gasteiger partial charge in [-0.05, 0) is 39.5 Å². The molecule has 0 N–H and O–H groups in total.